The lowest BCUT2D eigenvalue weighted by Gasteiger charge is -2.36. The minimum absolute atomic E-state index is 0.164. The fourth-order valence-corrected chi connectivity index (χ4v) is 6.53. The summed E-state index contributed by atoms with van der Waals surface area (Å²) in [6.45, 7) is 4.63. The second-order valence-electron chi connectivity index (χ2n) is 9.46. The van der Waals surface area contributed by atoms with Gasteiger partial charge in [0.2, 0.25) is 17.7 Å². The van der Waals surface area contributed by atoms with Gasteiger partial charge in [-0.05, 0) is 63.6 Å². The summed E-state index contributed by atoms with van der Waals surface area (Å²) in [4.78, 5) is 56.7. The minimum Gasteiger partial charge on any atom is -0.462 e. The van der Waals surface area contributed by atoms with E-state index in [1.54, 1.807) is 31.2 Å². The van der Waals surface area contributed by atoms with Gasteiger partial charge in [-0.1, -0.05) is 17.7 Å². The molecule has 3 fully saturated rings. The summed E-state index contributed by atoms with van der Waals surface area (Å²) in [6.07, 6.45) is 1.64. The summed E-state index contributed by atoms with van der Waals surface area (Å²) in [5.74, 6) is -2.71. The summed E-state index contributed by atoms with van der Waals surface area (Å²) in [6, 6.07) is 11.9. The van der Waals surface area contributed by atoms with Crippen LogP contribution in [0.15, 0.2) is 42.5 Å². The Morgan fingerprint density at radius 3 is 2.62 bits per heavy atom. The monoisotopic (exact) mass is 459 g/mol. The van der Waals surface area contributed by atoms with Crippen molar-refractivity contribution in [3.05, 3.63) is 59.2 Å². The number of aryl methyl sites for hydroxylation is 1. The predicted molar refractivity (Wildman–Crippen MR) is 123 cm³/mol. The van der Waals surface area contributed by atoms with Gasteiger partial charge in [0.1, 0.15) is 5.54 Å². The van der Waals surface area contributed by atoms with Gasteiger partial charge in [0.05, 0.1) is 29.7 Å². The number of anilines is 2. The molecule has 4 heterocycles. The van der Waals surface area contributed by atoms with Crippen LogP contribution in [-0.2, 0) is 24.7 Å². The molecule has 6 rings (SSSR count). The Morgan fingerprint density at radius 2 is 1.88 bits per heavy atom. The topological polar surface area (TPSA) is 96.0 Å². The van der Waals surface area contributed by atoms with Gasteiger partial charge in [-0.25, -0.2) is 9.69 Å². The molecule has 1 spiro atoms. The summed E-state index contributed by atoms with van der Waals surface area (Å²) >= 11 is 0. The molecule has 0 radical (unpaired) electrons. The number of amides is 3. The quantitative estimate of drug-likeness (QED) is 0.560. The molecule has 2 aromatic rings. The average Bonchev–Trinajstić information content (AvgIpc) is 3.53. The van der Waals surface area contributed by atoms with Crippen LogP contribution < -0.4 is 10.2 Å². The van der Waals surface area contributed by atoms with Crippen LogP contribution in [0.1, 0.15) is 41.3 Å². The first kappa shape index (κ1) is 21.0. The van der Waals surface area contributed by atoms with Crippen molar-refractivity contribution in [3.8, 4) is 0 Å². The van der Waals surface area contributed by atoms with Gasteiger partial charge in [0, 0.05) is 17.3 Å². The zero-order valence-corrected chi connectivity index (χ0v) is 19.0. The molecule has 3 saturated heterocycles. The number of fused-ring (bicyclic) bond motifs is 7. The Kier molecular flexibility index (Phi) is 4.48. The highest BCUT2D eigenvalue weighted by Gasteiger charge is 2.74. The summed E-state index contributed by atoms with van der Waals surface area (Å²) in [5.41, 5.74) is 2.07. The Bertz CT molecular complexity index is 1260. The SMILES string of the molecule is CCOC(=O)c1ccc(N2C(=O)C3C4CCCN4C4(C(=O)Nc5ccc(C)cc54)C3C2=O)cc1. The smallest absolute Gasteiger partial charge is 0.338 e. The predicted octanol–water partition coefficient (Wildman–Crippen LogP) is 2.60. The molecule has 0 bridgehead atoms. The average molecular weight is 460 g/mol. The number of imide groups is 1. The van der Waals surface area contributed by atoms with Crippen molar-refractivity contribution in [2.75, 3.05) is 23.4 Å². The van der Waals surface area contributed by atoms with E-state index in [1.807, 2.05) is 25.1 Å². The van der Waals surface area contributed by atoms with Crippen molar-refractivity contribution in [2.45, 2.75) is 38.3 Å². The van der Waals surface area contributed by atoms with Gasteiger partial charge in [-0.2, -0.15) is 0 Å². The molecule has 4 unspecified atom stereocenters. The molecule has 4 atom stereocenters. The molecule has 0 saturated carbocycles. The number of benzene rings is 2. The molecular formula is C26H25N3O5. The molecule has 0 aliphatic carbocycles. The Labute approximate surface area is 196 Å². The van der Waals surface area contributed by atoms with Crippen LogP contribution in [0.3, 0.4) is 0 Å². The van der Waals surface area contributed by atoms with E-state index in [9.17, 15) is 19.2 Å². The Morgan fingerprint density at radius 1 is 1.12 bits per heavy atom. The summed E-state index contributed by atoms with van der Waals surface area (Å²) in [5, 5.41) is 2.99. The molecule has 2 aromatic carbocycles. The first-order chi connectivity index (χ1) is 16.4. The highest BCUT2D eigenvalue weighted by atomic mass is 16.5. The molecule has 8 heteroatoms. The van der Waals surface area contributed by atoms with Gasteiger partial charge < -0.3 is 10.1 Å². The first-order valence-corrected chi connectivity index (χ1v) is 11.7. The summed E-state index contributed by atoms with van der Waals surface area (Å²) in [7, 11) is 0. The van der Waals surface area contributed by atoms with Crippen molar-refractivity contribution in [1.82, 2.24) is 4.90 Å². The van der Waals surface area contributed by atoms with Crippen molar-refractivity contribution < 1.29 is 23.9 Å². The highest BCUT2D eigenvalue weighted by Crippen LogP contribution is 2.60. The number of nitrogens with zero attached hydrogens (tertiary/aromatic N) is 2. The van der Waals surface area contributed by atoms with Crippen molar-refractivity contribution in [2.24, 2.45) is 11.8 Å². The van der Waals surface area contributed by atoms with Crippen LogP contribution >= 0.6 is 0 Å². The van der Waals surface area contributed by atoms with E-state index in [1.165, 1.54) is 4.90 Å². The molecule has 174 valence electrons. The van der Waals surface area contributed by atoms with E-state index in [4.69, 9.17) is 4.74 Å². The molecule has 34 heavy (non-hydrogen) atoms. The van der Waals surface area contributed by atoms with Crippen LogP contribution in [0.5, 0.6) is 0 Å². The van der Waals surface area contributed by atoms with E-state index in [-0.39, 0.29) is 30.4 Å². The largest absolute Gasteiger partial charge is 0.462 e. The Hall–Kier alpha value is -3.52. The number of carbonyl (C=O) groups excluding carboxylic acids is 4. The molecule has 4 aliphatic heterocycles. The van der Waals surface area contributed by atoms with Crippen LogP contribution in [-0.4, -0.2) is 47.8 Å². The number of hydrogen-bond donors (Lipinski definition) is 1. The molecule has 0 aromatic heterocycles. The van der Waals surface area contributed by atoms with Crippen LogP contribution in [0.2, 0.25) is 0 Å². The summed E-state index contributed by atoms with van der Waals surface area (Å²) < 4.78 is 5.03. The number of rotatable bonds is 3. The minimum atomic E-state index is -1.18. The van der Waals surface area contributed by atoms with Gasteiger partial charge in [0.15, 0.2) is 0 Å². The molecule has 4 aliphatic rings. The third kappa shape index (κ3) is 2.51. The van der Waals surface area contributed by atoms with Crippen molar-refractivity contribution in [3.63, 3.8) is 0 Å². The van der Waals surface area contributed by atoms with E-state index in [0.717, 1.165) is 24.0 Å². The van der Waals surface area contributed by atoms with Crippen molar-refractivity contribution in [1.29, 1.82) is 0 Å². The van der Waals surface area contributed by atoms with Gasteiger partial charge in [-0.15, -0.1) is 0 Å². The third-order valence-corrected chi connectivity index (χ3v) is 7.78. The Balaban J connectivity index is 1.45. The molecule has 1 N–H and O–H groups in total. The van der Waals surface area contributed by atoms with E-state index in [2.05, 4.69) is 10.2 Å². The van der Waals surface area contributed by atoms with Gasteiger partial charge >= 0.3 is 5.97 Å². The standard InChI is InChI=1S/C26H25N3O5/c1-3-34-24(32)15-7-9-16(10-8-15)29-22(30)20-19-5-4-12-28(19)26(21(20)23(29)31)17-13-14(2)6-11-18(17)27-25(26)33/h6-11,13,19-21H,3-5,12H2,1-2H3,(H,27,33). The zero-order chi connectivity index (χ0) is 23.8. The first-order valence-electron chi connectivity index (χ1n) is 11.7. The number of carbonyl (C=O) groups is 4. The molecule has 3 amide bonds. The number of hydrogen-bond acceptors (Lipinski definition) is 6. The number of nitrogens with one attached hydrogen (secondary N) is 1. The lowest BCUT2D eigenvalue weighted by atomic mass is 9.75. The highest BCUT2D eigenvalue weighted by molar-refractivity contribution is 6.26. The fourth-order valence-electron chi connectivity index (χ4n) is 6.53. The normalized spacial score (nSPS) is 29.4. The number of ether oxygens (including phenoxy) is 1. The van der Waals surface area contributed by atoms with E-state index >= 15 is 0 Å². The van der Waals surface area contributed by atoms with Gasteiger partial charge in [0.25, 0.3) is 0 Å². The maximum absolute atomic E-state index is 14.0. The van der Waals surface area contributed by atoms with Crippen LogP contribution in [0.4, 0.5) is 11.4 Å². The zero-order valence-electron chi connectivity index (χ0n) is 19.0. The lowest BCUT2D eigenvalue weighted by Crippen LogP contribution is -2.54. The maximum Gasteiger partial charge on any atom is 0.338 e. The van der Waals surface area contributed by atoms with Crippen molar-refractivity contribution >= 4 is 35.1 Å². The lowest BCUT2D eigenvalue weighted by molar-refractivity contribution is -0.135. The van der Waals surface area contributed by atoms with Gasteiger partial charge in [-0.3, -0.25) is 19.3 Å². The maximum atomic E-state index is 14.0. The fraction of sp³-hybridized carbons (Fsp3) is 0.385. The van der Waals surface area contributed by atoms with Crippen LogP contribution in [0, 0.1) is 18.8 Å². The second kappa shape index (κ2) is 7.24. The number of esters is 1. The van der Waals surface area contributed by atoms with E-state index in [0.29, 0.717) is 23.5 Å². The van der Waals surface area contributed by atoms with Crippen LogP contribution in [0.25, 0.3) is 0 Å². The van der Waals surface area contributed by atoms with E-state index < -0.39 is 23.3 Å². The molecular weight excluding hydrogens is 434 g/mol. The third-order valence-electron chi connectivity index (χ3n) is 7.78. The molecule has 8 nitrogen and oxygen atoms in total. The second-order valence-corrected chi connectivity index (χ2v) is 9.46.